The summed E-state index contributed by atoms with van der Waals surface area (Å²) in [7, 11) is 0. The summed E-state index contributed by atoms with van der Waals surface area (Å²) in [5.74, 6) is 1.13. The van der Waals surface area contributed by atoms with Crippen molar-refractivity contribution in [3.63, 3.8) is 0 Å². The minimum atomic E-state index is -0.256. The van der Waals surface area contributed by atoms with Crippen molar-refractivity contribution >= 4 is 32.6 Å². The SMILES string of the molecule is O=C(Nc1nc2cc3c(cc2s1)OCCO3)c1cnn(-c2ccccc2)c1. The van der Waals surface area contributed by atoms with Gasteiger partial charge in [0.2, 0.25) is 0 Å². The summed E-state index contributed by atoms with van der Waals surface area (Å²) in [6.45, 7) is 1.06. The summed E-state index contributed by atoms with van der Waals surface area (Å²) < 4.78 is 13.8. The Morgan fingerprint density at radius 3 is 2.70 bits per heavy atom. The van der Waals surface area contributed by atoms with E-state index in [0.29, 0.717) is 35.4 Å². The van der Waals surface area contributed by atoms with Crippen LogP contribution in [0.1, 0.15) is 10.4 Å². The van der Waals surface area contributed by atoms with Crippen molar-refractivity contribution in [2.45, 2.75) is 0 Å². The van der Waals surface area contributed by atoms with Crippen molar-refractivity contribution in [2.75, 3.05) is 18.5 Å². The van der Waals surface area contributed by atoms with Crippen molar-refractivity contribution in [3.8, 4) is 17.2 Å². The molecule has 7 nitrogen and oxygen atoms in total. The first kappa shape index (κ1) is 15.8. The molecule has 0 fully saturated rings. The fourth-order valence-electron chi connectivity index (χ4n) is 2.85. The van der Waals surface area contributed by atoms with E-state index in [0.717, 1.165) is 15.9 Å². The maximum atomic E-state index is 12.5. The zero-order valence-corrected chi connectivity index (χ0v) is 14.9. The molecule has 1 N–H and O–H groups in total. The molecule has 5 rings (SSSR count). The first-order valence-corrected chi connectivity index (χ1v) is 9.19. The summed E-state index contributed by atoms with van der Waals surface area (Å²) in [6.07, 6.45) is 3.23. The van der Waals surface area contributed by atoms with Crippen molar-refractivity contribution in [2.24, 2.45) is 0 Å². The van der Waals surface area contributed by atoms with Crippen LogP contribution in [0.4, 0.5) is 5.13 Å². The monoisotopic (exact) mass is 378 g/mol. The molecule has 2 aromatic heterocycles. The number of amides is 1. The van der Waals surface area contributed by atoms with Gasteiger partial charge in [-0.15, -0.1) is 0 Å². The van der Waals surface area contributed by atoms with Crippen LogP contribution in [-0.4, -0.2) is 33.9 Å². The number of anilines is 1. The van der Waals surface area contributed by atoms with E-state index < -0.39 is 0 Å². The molecule has 0 aliphatic carbocycles. The quantitative estimate of drug-likeness (QED) is 0.590. The predicted octanol–water partition coefficient (Wildman–Crippen LogP) is 3.51. The van der Waals surface area contributed by atoms with E-state index in [1.54, 1.807) is 10.9 Å². The molecule has 0 saturated heterocycles. The Kier molecular flexibility index (Phi) is 3.75. The van der Waals surface area contributed by atoms with E-state index in [1.807, 2.05) is 42.5 Å². The first-order chi connectivity index (χ1) is 13.3. The number of fused-ring (bicyclic) bond motifs is 2. The van der Waals surface area contributed by atoms with Crippen molar-refractivity contribution < 1.29 is 14.3 Å². The third-order valence-electron chi connectivity index (χ3n) is 4.14. The van der Waals surface area contributed by atoms with E-state index in [1.165, 1.54) is 17.5 Å². The minimum absolute atomic E-state index is 0.256. The number of nitrogens with zero attached hydrogens (tertiary/aromatic N) is 3. The summed E-state index contributed by atoms with van der Waals surface area (Å²) in [6, 6.07) is 13.4. The molecule has 0 saturated carbocycles. The summed E-state index contributed by atoms with van der Waals surface area (Å²) >= 11 is 1.39. The Labute approximate surface area is 158 Å². The normalized spacial score (nSPS) is 12.9. The second-order valence-electron chi connectivity index (χ2n) is 5.95. The number of carbonyl (C=O) groups excluding carboxylic acids is 1. The van der Waals surface area contributed by atoms with Crippen LogP contribution in [0.3, 0.4) is 0 Å². The summed E-state index contributed by atoms with van der Waals surface area (Å²) in [4.78, 5) is 17.0. The molecular formula is C19H14N4O3S. The van der Waals surface area contributed by atoms with Crippen LogP contribution in [-0.2, 0) is 0 Å². The number of nitrogens with one attached hydrogen (secondary N) is 1. The zero-order chi connectivity index (χ0) is 18.2. The highest BCUT2D eigenvalue weighted by Gasteiger charge is 2.17. The van der Waals surface area contributed by atoms with Crippen LogP contribution in [0, 0.1) is 0 Å². The van der Waals surface area contributed by atoms with Crippen molar-refractivity contribution in [3.05, 3.63) is 60.4 Å². The van der Waals surface area contributed by atoms with Gasteiger partial charge in [0.05, 0.1) is 27.7 Å². The average Bonchev–Trinajstić information content (AvgIpc) is 3.33. The highest BCUT2D eigenvalue weighted by atomic mass is 32.1. The standard InChI is InChI=1S/C19H14N4O3S/c24-18(12-10-20-23(11-12)13-4-2-1-3-5-13)22-19-21-14-8-15-16(9-17(14)27-19)26-7-6-25-15/h1-5,8-11H,6-7H2,(H,21,22,24). The number of para-hydroxylation sites is 1. The number of thiazole rings is 1. The van der Waals surface area contributed by atoms with Gasteiger partial charge < -0.3 is 9.47 Å². The topological polar surface area (TPSA) is 78.3 Å². The molecule has 0 spiro atoms. The van der Waals surface area contributed by atoms with Crippen molar-refractivity contribution in [1.82, 2.24) is 14.8 Å². The lowest BCUT2D eigenvalue weighted by molar-refractivity contribution is 0.102. The first-order valence-electron chi connectivity index (χ1n) is 8.38. The highest BCUT2D eigenvalue weighted by molar-refractivity contribution is 7.22. The number of benzene rings is 2. The molecule has 0 unspecified atom stereocenters. The molecule has 1 aliphatic rings. The Bertz CT molecular complexity index is 1090. The van der Waals surface area contributed by atoms with Crippen LogP contribution in [0.15, 0.2) is 54.9 Å². The summed E-state index contributed by atoms with van der Waals surface area (Å²) in [5.41, 5.74) is 2.12. The minimum Gasteiger partial charge on any atom is -0.486 e. The summed E-state index contributed by atoms with van der Waals surface area (Å²) in [5, 5.41) is 7.60. The Morgan fingerprint density at radius 1 is 1.11 bits per heavy atom. The van der Waals surface area contributed by atoms with Gasteiger partial charge in [-0.1, -0.05) is 29.5 Å². The molecule has 1 aliphatic heterocycles. The second-order valence-corrected chi connectivity index (χ2v) is 6.98. The molecule has 8 heteroatoms. The Balaban J connectivity index is 1.38. The Hall–Kier alpha value is -3.39. The van der Waals surface area contributed by atoms with Gasteiger partial charge in [0.1, 0.15) is 13.2 Å². The number of aromatic nitrogens is 3. The van der Waals surface area contributed by atoms with Crippen molar-refractivity contribution in [1.29, 1.82) is 0 Å². The molecule has 0 radical (unpaired) electrons. The van der Waals surface area contributed by atoms with Crippen LogP contribution in [0.5, 0.6) is 11.5 Å². The maximum absolute atomic E-state index is 12.5. The molecule has 0 bridgehead atoms. The van der Waals surface area contributed by atoms with Crippen LogP contribution in [0.2, 0.25) is 0 Å². The lowest BCUT2D eigenvalue weighted by Crippen LogP contribution is -2.15. The molecule has 27 heavy (non-hydrogen) atoms. The maximum Gasteiger partial charge on any atom is 0.260 e. The van der Waals surface area contributed by atoms with Gasteiger partial charge in [0, 0.05) is 18.3 Å². The van der Waals surface area contributed by atoms with Crippen LogP contribution < -0.4 is 14.8 Å². The number of hydrogen-bond donors (Lipinski definition) is 1. The van der Waals surface area contributed by atoms with Gasteiger partial charge >= 0.3 is 0 Å². The fourth-order valence-corrected chi connectivity index (χ4v) is 3.72. The van der Waals surface area contributed by atoms with Gasteiger partial charge in [-0.05, 0) is 12.1 Å². The predicted molar refractivity (Wildman–Crippen MR) is 102 cm³/mol. The average molecular weight is 378 g/mol. The van der Waals surface area contributed by atoms with Gasteiger partial charge in [-0.2, -0.15) is 5.10 Å². The molecule has 2 aromatic carbocycles. The van der Waals surface area contributed by atoms with E-state index >= 15 is 0 Å². The third kappa shape index (κ3) is 3.00. The van der Waals surface area contributed by atoms with E-state index in [9.17, 15) is 4.79 Å². The molecule has 1 amide bonds. The molecule has 0 atom stereocenters. The molecular weight excluding hydrogens is 364 g/mol. The van der Waals surface area contributed by atoms with Gasteiger partial charge in [-0.25, -0.2) is 9.67 Å². The molecule has 3 heterocycles. The number of carbonyl (C=O) groups is 1. The second kappa shape index (κ2) is 6.40. The fraction of sp³-hybridized carbons (Fsp3) is 0.105. The number of hydrogen-bond acceptors (Lipinski definition) is 6. The lowest BCUT2D eigenvalue weighted by Gasteiger charge is -2.17. The van der Waals surface area contributed by atoms with Gasteiger partial charge in [0.25, 0.3) is 5.91 Å². The smallest absolute Gasteiger partial charge is 0.260 e. The molecule has 134 valence electrons. The number of ether oxygens (including phenoxy) is 2. The number of rotatable bonds is 3. The zero-order valence-electron chi connectivity index (χ0n) is 14.1. The van der Waals surface area contributed by atoms with E-state index in [4.69, 9.17) is 9.47 Å². The van der Waals surface area contributed by atoms with Crippen LogP contribution in [0.25, 0.3) is 15.9 Å². The largest absolute Gasteiger partial charge is 0.486 e. The molecule has 4 aromatic rings. The Morgan fingerprint density at radius 2 is 1.89 bits per heavy atom. The highest BCUT2D eigenvalue weighted by Crippen LogP contribution is 2.37. The third-order valence-corrected chi connectivity index (χ3v) is 5.07. The van der Waals surface area contributed by atoms with E-state index in [-0.39, 0.29) is 5.91 Å². The lowest BCUT2D eigenvalue weighted by atomic mass is 10.3. The van der Waals surface area contributed by atoms with Gasteiger partial charge in [-0.3, -0.25) is 10.1 Å². The van der Waals surface area contributed by atoms with Crippen LogP contribution >= 0.6 is 11.3 Å². The van der Waals surface area contributed by atoms with Gasteiger partial charge in [0.15, 0.2) is 16.6 Å². The van der Waals surface area contributed by atoms with E-state index in [2.05, 4.69) is 15.4 Å².